The van der Waals surface area contributed by atoms with Gasteiger partial charge in [0.1, 0.15) is 6.73 Å². The van der Waals surface area contributed by atoms with Gasteiger partial charge in [0.05, 0.1) is 35.7 Å². The van der Waals surface area contributed by atoms with Crippen LogP contribution in [0.1, 0.15) is 5.69 Å². The number of aromatic nitrogens is 4. The van der Waals surface area contributed by atoms with Crippen LogP contribution in [0.15, 0.2) is 18.6 Å². The van der Waals surface area contributed by atoms with E-state index >= 15 is 0 Å². The zero-order valence-corrected chi connectivity index (χ0v) is 11.9. The number of rotatable bonds is 4. The van der Waals surface area contributed by atoms with Crippen LogP contribution in [0.4, 0.5) is 11.4 Å². The van der Waals surface area contributed by atoms with Gasteiger partial charge in [0, 0.05) is 14.2 Å². The number of hydrogen-bond donors (Lipinski definition) is 2. The van der Waals surface area contributed by atoms with Crippen molar-refractivity contribution in [3.8, 4) is 0 Å². The van der Waals surface area contributed by atoms with E-state index in [1.807, 2.05) is 20.2 Å². The van der Waals surface area contributed by atoms with Crippen LogP contribution in [-0.2, 0) is 18.5 Å². The Bertz CT molecular complexity index is 576. The van der Waals surface area contributed by atoms with E-state index in [4.69, 9.17) is 17.0 Å². The van der Waals surface area contributed by atoms with Crippen molar-refractivity contribution in [1.29, 1.82) is 0 Å². The highest BCUT2D eigenvalue weighted by atomic mass is 32.1. The molecule has 2 N–H and O–H groups in total. The molecule has 0 unspecified atom stereocenters. The zero-order chi connectivity index (χ0) is 13.8. The molecule has 0 aliphatic carbocycles. The predicted octanol–water partition coefficient (Wildman–Crippen LogP) is 1.34. The van der Waals surface area contributed by atoms with Crippen molar-refractivity contribution in [1.82, 2.24) is 19.6 Å². The molecule has 2 rings (SSSR count). The second-order valence-corrected chi connectivity index (χ2v) is 4.44. The summed E-state index contributed by atoms with van der Waals surface area (Å²) in [5.41, 5.74) is 2.69. The molecule has 8 heteroatoms. The fourth-order valence-electron chi connectivity index (χ4n) is 1.54. The summed E-state index contributed by atoms with van der Waals surface area (Å²) in [5.74, 6) is 0. The fourth-order valence-corrected chi connectivity index (χ4v) is 1.76. The Hall–Kier alpha value is -1.93. The lowest BCUT2D eigenvalue weighted by molar-refractivity contribution is 0.120. The van der Waals surface area contributed by atoms with E-state index in [-0.39, 0.29) is 0 Å². The molecule has 0 amide bonds. The number of thiocarbonyl (C=S) groups is 1. The largest absolute Gasteiger partial charge is 0.362 e. The summed E-state index contributed by atoms with van der Waals surface area (Å²) in [7, 11) is 3.50. The summed E-state index contributed by atoms with van der Waals surface area (Å²) < 4.78 is 8.42. The van der Waals surface area contributed by atoms with E-state index in [2.05, 4.69) is 20.8 Å². The van der Waals surface area contributed by atoms with Crippen molar-refractivity contribution in [3.63, 3.8) is 0 Å². The lowest BCUT2D eigenvalue weighted by Gasteiger charge is -2.08. The van der Waals surface area contributed by atoms with Gasteiger partial charge >= 0.3 is 0 Å². The molecule has 0 fully saturated rings. The number of nitrogens with one attached hydrogen (secondary N) is 2. The highest BCUT2D eigenvalue weighted by Crippen LogP contribution is 2.13. The van der Waals surface area contributed by atoms with Gasteiger partial charge < -0.3 is 15.4 Å². The molecule has 0 bridgehead atoms. The molecule has 0 radical (unpaired) electrons. The minimum Gasteiger partial charge on any atom is -0.362 e. The second kappa shape index (κ2) is 5.81. The zero-order valence-electron chi connectivity index (χ0n) is 11.0. The maximum Gasteiger partial charge on any atom is 0.175 e. The summed E-state index contributed by atoms with van der Waals surface area (Å²) in [6.45, 7) is 2.37. The Morgan fingerprint density at radius 1 is 1.37 bits per heavy atom. The number of nitrogens with zero attached hydrogens (tertiary/aromatic N) is 4. The molecular formula is C11H16N6OS. The third kappa shape index (κ3) is 3.30. The molecule has 7 nitrogen and oxygen atoms in total. The van der Waals surface area contributed by atoms with Gasteiger partial charge in [0.2, 0.25) is 0 Å². The molecule has 2 heterocycles. The van der Waals surface area contributed by atoms with Crippen molar-refractivity contribution in [2.24, 2.45) is 7.05 Å². The van der Waals surface area contributed by atoms with Gasteiger partial charge in [-0.1, -0.05) is 0 Å². The molecule has 2 aromatic heterocycles. The first-order valence-electron chi connectivity index (χ1n) is 5.68. The fraction of sp³-hybridized carbons (Fsp3) is 0.364. The minimum atomic E-state index is 0.406. The van der Waals surface area contributed by atoms with Gasteiger partial charge in [-0.05, 0) is 19.1 Å². The number of anilines is 2. The first kappa shape index (κ1) is 13.5. The first-order valence-corrected chi connectivity index (χ1v) is 6.09. The quantitative estimate of drug-likeness (QED) is 0.824. The summed E-state index contributed by atoms with van der Waals surface area (Å²) in [5, 5.41) is 14.9. The van der Waals surface area contributed by atoms with Crippen molar-refractivity contribution >= 4 is 28.7 Å². The van der Waals surface area contributed by atoms with Crippen LogP contribution >= 0.6 is 12.2 Å². The van der Waals surface area contributed by atoms with Crippen molar-refractivity contribution in [2.45, 2.75) is 13.7 Å². The molecule has 0 saturated carbocycles. The summed E-state index contributed by atoms with van der Waals surface area (Å²) >= 11 is 5.23. The Balaban J connectivity index is 1.95. The van der Waals surface area contributed by atoms with Gasteiger partial charge in [-0.25, -0.2) is 4.68 Å². The molecule has 102 valence electrons. The van der Waals surface area contributed by atoms with Crippen molar-refractivity contribution < 1.29 is 4.74 Å². The third-order valence-corrected chi connectivity index (χ3v) is 2.84. The number of ether oxygens (including phenoxy) is 1. The average Bonchev–Trinajstić information content (AvgIpc) is 2.92. The number of methoxy groups -OCH3 is 1. The standard InChI is InChI=1S/C11H16N6OS/c1-8-10(5-12-16(8)2)15-11(19)14-9-4-13-17(6-9)7-18-3/h4-6H,7H2,1-3H3,(H2,14,15,19). The van der Waals surface area contributed by atoms with Gasteiger partial charge in [-0.3, -0.25) is 4.68 Å². The van der Waals surface area contributed by atoms with Crippen LogP contribution in [0, 0.1) is 6.92 Å². The number of hydrogen-bond acceptors (Lipinski definition) is 4. The average molecular weight is 280 g/mol. The lowest BCUT2D eigenvalue weighted by atomic mass is 10.4. The molecular weight excluding hydrogens is 264 g/mol. The maximum atomic E-state index is 5.23. The van der Waals surface area contributed by atoms with Gasteiger partial charge in [0.15, 0.2) is 5.11 Å². The topological polar surface area (TPSA) is 68.9 Å². The first-order chi connectivity index (χ1) is 9.10. The Kier molecular flexibility index (Phi) is 4.13. The van der Waals surface area contributed by atoms with Crippen molar-refractivity contribution in [3.05, 3.63) is 24.3 Å². The monoisotopic (exact) mass is 280 g/mol. The summed E-state index contributed by atoms with van der Waals surface area (Å²) in [6, 6.07) is 0. The molecule has 2 aromatic rings. The predicted molar refractivity (Wildman–Crippen MR) is 77.0 cm³/mol. The smallest absolute Gasteiger partial charge is 0.175 e. The van der Waals surface area contributed by atoms with Crippen LogP contribution in [0.3, 0.4) is 0 Å². The maximum absolute atomic E-state index is 5.23. The van der Waals surface area contributed by atoms with E-state index < -0.39 is 0 Å². The second-order valence-electron chi connectivity index (χ2n) is 4.03. The molecule has 0 aliphatic rings. The van der Waals surface area contributed by atoms with Gasteiger partial charge in [-0.2, -0.15) is 10.2 Å². The highest BCUT2D eigenvalue weighted by molar-refractivity contribution is 7.80. The van der Waals surface area contributed by atoms with E-state index in [0.717, 1.165) is 17.1 Å². The van der Waals surface area contributed by atoms with E-state index in [1.165, 1.54) is 0 Å². The van der Waals surface area contributed by atoms with Crippen molar-refractivity contribution in [2.75, 3.05) is 17.7 Å². The SMILES string of the molecule is COCn1cc(NC(=S)Nc2cnn(C)c2C)cn1. The van der Waals surface area contributed by atoms with Crippen LogP contribution in [0.25, 0.3) is 0 Å². The van der Waals surface area contributed by atoms with Crippen LogP contribution < -0.4 is 10.6 Å². The highest BCUT2D eigenvalue weighted by Gasteiger charge is 2.06. The Labute approximate surface area is 116 Å². The van der Waals surface area contributed by atoms with Crippen LogP contribution in [0.2, 0.25) is 0 Å². The Morgan fingerprint density at radius 3 is 2.79 bits per heavy atom. The normalized spacial score (nSPS) is 10.5. The molecule has 0 aromatic carbocycles. The third-order valence-electron chi connectivity index (χ3n) is 2.64. The Morgan fingerprint density at radius 2 is 2.16 bits per heavy atom. The van der Waals surface area contributed by atoms with Gasteiger partial charge in [0.25, 0.3) is 0 Å². The van der Waals surface area contributed by atoms with Gasteiger partial charge in [-0.15, -0.1) is 0 Å². The molecule has 0 saturated heterocycles. The van der Waals surface area contributed by atoms with E-state index in [9.17, 15) is 0 Å². The van der Waals surface area contributed by atoms with Crippen LogP contribution in [0.5, 0.6) is 0 Å². The molecule has 0 aliphatic heterocycles. The molecule has 0 atom stereocenters. The summed E-state index contributed by atoms with van der Waals surface area (Å²) in [6.07, 6.45) is 5.23. The molecule has 0 spiro atoms. The van der Waals surface area contributed by atoms with E-state index in [1.54, 1.807) is 28.9 Å². The number of aryl methyl sites for hydroxylation is 1. The molecule has 19 heavy (non-hydrogen) atoms. The van der Waals surface area contributed by atoms with E-state index in [0.29, 0.717) is 11.8 Å². The summed E-state index contributed by atoms with van der Waals surface area (Å²) in [4.78, 5) is 0. The van der Waals surface area contributed by atoms with Crippen LogP contribution in [-0.4, -0.2) is 31.8 Å². The lowest BCUT2D eigenvalue weighted by Crippen LogP contribution is -2.19. The minimum absolute atomic E-state index is 0.406.